The first-order valence-electron chi connectivity index (χ1n) is 7.49. The molecule has 0 spiro atoms. The van der Waals surface area contributed by atoms with Gasteiger partial charge in [-0.05, 0) is 17.7 Å². The van der Waals surface area contributed by atoms with E-state index in [4.69, 9.17) is 0 Å². The summed E-state index contributed by atoms with van der Waals surface area (Å²) in [7, 11) is 0. The second kappa shape index (κ2) is 5.66. The maximum Gasteiger partial charge on any atom is 0.356 e. The van der Waals surface area contributed by atoms with Crippen LogP contribution in [0, 0.1) is 0 Å². The van der Waals surface area contributed by atoms with Gasteiger partial charge in [-0.2, -0.15) is 0 Å². The maximum atomic E-state index is 11.4. The highest BCUT2D eigenvalue weighted by Gasteiger charge is 2.18. The van der Waals surface area contributed by atoms with Gasteiger partial charge < -0.3 is 9.67 Å². The van der Waals surface area contributed by atoms with Gasteiger partial charge in [0.1, 0.15) is 5.69 Å². The number of imidazole rings is 2. The molecule has 0 fully saturated rings. The van der Waals surface area contributed by atoms with Gasteiger partial charge >= 0.3 is 5.97 Å². The van der Waals surface area contributed by atoms with Crippen molar-refractivity contribution in [3.05, 3.63) is 78.5 Å². The Labute approximate surface area is 137 Å². The largest absolute Gasteiger partial charge is 0.476 e. The molecular weight excluding hydrogens is 304 g/mol. The Balaban J connectivity index is 1.75. The number of rotatable bonds is 4. The van der Waals surface area contributed by atoms with Crippen molar-refractivity contribution in [1.29, 1.82) is 0 Å². The SMILES string of the molecule is O=C(O)c1nc(-c2cn(Cc3ccccc3)cn2)n2ccccc12. The van der Waals surface area contributed by atoms with Gasteiger partial charge in [0.2, 0.25) is 0 Å². The highest BCUT2D eigenvalue weighted by Crippen LogP contribution is 2.21. The average Bonchev–Trinajstić information content (AvgIpc) is 3.20. The Kier molecular flexibility index (Phi) is 3.35. The second-order valence-electron chi connectivity index (χ2n) is 5.46. The molecule has 0 radical (unpaired) electrons. The van der Waals surface area contributed by atoms with Crippen molar-refractivity contribution >= 4 is 11.5 Å². The van der Waals surface area contributed by atoms with Crippen molar-refractivity contribution in [2.75, 3.05) is 0 Å². The fraction of sp³-hybridized carbons (Fsp3) is 0.0556. The van der Waals surface area contributed by atoms with E-state index in [9.17, 15) is 9.90 Å². The van der Waals surface area contributed by atoms with E-state index in [1.54, 1.807) is 29.1 Å². The summed E-state index contributed by atoms with van der Waals surface area (Å²) < 4.78 is 3.70. The zero-order valence-corrected chi connectivity index (χ0v) is 12.7. The zero-order chi connectivity index (χ0) is 16.5. The monoisotopic (exact) mass is 318 g/mol. The predicted molar refractivity (Wildman–Crippen MR) is 88.9 cm³/mol. The first kappa shape index (κ1) is 14.2. The third kappa shape index (κ3) is 2.44. The smallest absolute Gasteiger partial charge is 0.356 e. The summed E-state index contributed by atoms with van der Waals surface area (Å²) in [5.41, 5.74) is 2.39. The molecular formula is C18H14N4O2. The molecule has 3 heterocycles. The van der Waals surface area contributed by atoms with E-state index in [-0.39, 0.29) is 5.69 Å². The molecule has 0 unspecified atom stereocenters. The molecule has 0 saturated heterocycles. The molecule has 6 heteroatoms. The molecule has 3 aromatic heterocycles. The lowest BCUT2D eigenvalue weighted by atomic mass is 10.2. The minimum absolute atomic E-state index is 0.0307. The molecule has 4 aromatic rings. The lowest BCUT2D eigenvalue weighted by molar-refractivity contribution is 0.0693. The lowest BCUT2D eigenvalue weighted by Gasteiger charge is -2.01. The van der Waals surface area contributed by atoms with Gasteiger partial charge in [-0.3, -0.25) is 4.40 Å². The van der Waals surface area contributed by atoms with Gasteiger partial charge in [0.05, 0.1) is 11.8 Å². The number of aromatic nitrogens is 4. The molecule has 1 N–H and O–H groups in total. The van der Waals surface area contributed by atoms with Crippen molar-refractivity contribution in [3.8, 4) is 11.5 Å². The number of carboxylic acids is 1. The molecule has 118 valence electrons. The van der Waals surface area contributed by atoms with Crippen LogP contribution in [0.3, 0.4) is 0 Å². The number of carboxylic acid groups (broad SMARTS) is 1. The maximum absolute atomic E-state index is 11.4. The fourth-order valence-corrected chi connectivity index (χ4v) is 2.73. The molecule has 0 atom stereocenters. The highest BCUT2D eigenvalue weighted by atomic mass is 16.4. The Morgan fingerprint density at radius 3 is 2.67 bits per heavy atom. The van der Waals surface area contributed by atoms with Gasteiger partial charge in [0.15, 0.2) is 11.5 Å². The molecule has 0 aliphatic heterocycles. The summed E-state index contributed by atoms with van der Waals surface area (Å²) in [5.74, 6) is -0.525. The first-order chi connectivity index (χ1) is 11.7. The lowest BCUT2D eigenvalue weighted by Crippen LogP contribution is -1.97. The number of hydrogen-bond donors (Lipinski definition) is 1. The van der Waals surface area contributed by atoms with E-state index in [0.717, 1.165) is 0 Å². The van der Waals surface area contributed by atoms with E-state index < -0.39 is 5.97 Å². The molecule has 0 amide bonds. The minimum atomic E-state index is -1.05. The van der Waals surface area contributed by atoms with Gasteiger partial charge in [-0.25, -0.2) is 14.8 Å². The Hall–Kier alpha value is -3.41. The van der Waals surface area contributed by atoms with E-state index >= 15 is 0 Å². The number of aromatic carboxylic acids is 1. The minimum Gasteiger partial charge on any atom is -0.476 e. The summed E-state index contributed by atoms with van der Waals surface area (Å²) in [5, 5.41) is 9.34. The first-order valence-corrected chi connectivity index (χ1v) is 7.49. The molecule has 0 saturated carbocycles. The van der Waals surface area contributed by atoms with Crippen LogP contribution in [0.4, 0.5) is 0 Å². The number of nitrogens with zero attached hydrogens (tertiary/aromatic N) is 4. The standard InChI is InChI=1S/C18H14N4O2/c23-18(24)16-15-8-4-5-9-22(15)17(20-16)14-11-21(12-19-14)10-13-6-2-1-3-7-13/h1-9,11-12H,10H2,(H,23,24). The van der Waals surface area contributed by atoms with E-state index in [1.807, 2.05) is 47.2 Å². The number of pyridine rings is 1. The molecule has 6 nitrogen and oxygen atoms in total. The average molecular weight is 318 g/mol. The summed E-state index contributed by atoms with van der Waals surface area (Å²) in [6.45, 7) is 0.697. The Morgan fingerprint density at radius 1 is 1.08 bits per heavy atom. The van der Waals surface area contributed by atoms with Gasteiger partial charge in [0.25, 0.3) is 0 Å². The number of hydrogen-bond acceptors (Lipinski definition) is 3. The van der Waals surface area contributed by atoms with Crippen LogP contribution < -0.4 is 0 Å². The van der Waals surface area contributed by atoms with Crippen LogP contribution in [0.25, 0.3) is 17.0 Å². The topological polar surface area (TPSA) is 72.4 Å². The van der Waals surface area contributed by atoms with Crippen LogP contribution in [0.15, 0.2) is 67.3 Å². The summed E-state index contributed by atoms with van der Waals surface area (Å²) >= 11 is 0. The van der Waals surface area contributed by atoms with Crippen LogP contribution in [0.2, 0.25) is 0 Å². The number of benzene rings is 1. The summed E-state index contributed by atoms with van der Waals surface area (Å²) in [6.07, 6.45) is 5.40. The van der Waals surface area contributed by atoms with Crippen LogP contribution in [-0.4, -0.2) is 30.0 Å². The molecule has 0 aliphatic rings. The van der Waals surface area contributed by atoms with Crippen molar-refractivity contribution in [2.45, 2.75) is 6.54 Å². The molecule has 24 heavy (non-hydrogen) atoms. The highest BCUT2D eigenvalue weighted by molar-refractivity contribution is 5.94. The second-order valence-corrected chi connectivity index (χ2v) is 5.46. The van der Waals surface area contributed by atoms with Crippen molar-refractivity contribution in [2.24, 2.45) is 0 Å². The Morgan fingerprint density at radius 2 is 1.88 bits per heavy atom. The summed E-state index contributed by atoms with van der Waals surface area (Å²) in [6, 6.07) is 15.4. The quantitative estimate of drug-likeness (QED) is 0.628. The van der Waals surface area contributed by atoms with Crippen LogP contribution in [0.1, 0.15) is 16.1 Å². The van der Waals surface area contributed by atoms with E-state index in [2.05, 4.69) is 9.97 Å². The predicted octanol–water partition coefficient (Wildman–Crippen LogP) is 2.94. The third-order valence-electron chi connectivity index (χ3n) is 3.82. The van der Waals surface area contributed by atoms with Gasteiger partial charge in [-0.1, -0.05) is 36.4 Å². The molecule has 0 aliphatic carbocycles. The van der Waals surface area contributed by atoms with Crippen LogP contribution >= 0.6 is 0 Å². The molecule has 4 rings (SSSR count). The van der Waals surface area contributed by atoms with Crippen molar-refractivity contribution < 1.29 is 9.90 Å². The van der Waals surface area contributed by atoms with Crippen molar-refractivity contribution in [1.82, 2.24) is 18.9 Å². The van der Waals surface area contributed by atoms with Crippen LogP contribution in [0.5, 0.6) is 0 Å². The number of fused-ring (bicyclic) bond motifs is 1. The Bertz CT molecular complexity index is 1020. The van der Waals surface area contributed by atoms with E-state index in [0.29, 0.717) is 23.6 Å². The van der Waals surface area contributed by atoms with Gasteiger partial charge in [0, 0.05) is 18.9 Å². The normalized spacial score (nSPS) is 11.0. The summed E-state index contributed by atoms with van der Waals surface area (Å²) in [4.78, 5) is 20.1. The molecule has 1 aromatic carbocycles. The van der Waals surface area contributed by atoms with Crippen LogP contribution in [-0.2, 0) is 6.54 Å². The molecule has 0 bridgehead atoms. The zero-order valence-electron chi connectivity index (χ0n) is 12.7. The fourth-order valence-electron chi connectivity index (χ4n) is 2.73. The van der Waals surface area contributed by atoms with E-state index in [1.165, 1.54) is 5.56 Å². The number of carbonyl (C=O) groups is 1. The third-order valence-corrected chi connectivity index (χ3v) is 3.82. The van der Waals surface area contributed by atoms with Crippen molar-refractivity contribution in [3.63, 3.8) is 0 Å². The van der Waals surface area contributed by atoms with Gasteiger partial charge in [-0.15, -0.1) is 0 Å².